The maximum Gasteiger partial charge on any atom is 0.231 e. The Morgan fingerprint density at radius 2 is 1.96 bits per heavy atom. The number of carbonyl (C=O) groups is 2. The van der Waals surface area contributed by atoms with Gasteiger partial charge in [0, 0.05) is 18.8 Å². The molecule has 3 aromatic rings. The zero-order valence-corrected chi connectivity index (χ0v) is 15.0. The molecule has 7 heteroatoms. The third-order valence-corrected chi connectivity index (χ3v) is 4.62. The van der Waals surface area contributed by atoms with E-state index in [2.05, 4.69) is 15.6 Å². The van der Waals surface area contributed by atoms with Crippen molar-refractivity contribution in [2.24, 2.45) is 5.92 Å². The summed E-state index contributed by atoms with van der Waals surface area (Å²) in [5, 5.41) is 5.46. The number of halogens is 1. The van der Waals surface area contributed by atoms with Crippen molar-refractivity contribution in [2.45, 2.75) is 26.4 Å². The molecule has 0 aliphatic heterocycles. The molecule has 2 amide bonds. The van der Waals surface area contributed by atoms with Gasteiger partial charge in [0.2, 0.25) is 11.8 Å². The number of nitrogens with one attached hydrogen (secondary N) is 2. The van der Waals surface area contributed by atoms with Crippen LogP contribution in [0, 0.1) is 12.8 Å². The highest BCUT2D eigenvalue weighted by Crippen LogP contribution is 2.34. The largest absolute Gasteiger partial charge is 0.326 e. The maximum absolute atomic E-state index is 13.0. The maximum atomic E-state index is 13.0. The molecule has 1 saturated carbocycles. The molecule has 0 spiro atoms. The Labute approximate surface area is 155 Å². The summed E-state index contributed by atoms with van der Waals surface area (Å²) in [7, 11) is 0. The molecule has 27 heavy (non-hydrogen) atoms. The lowest BCUT2D eigenvalue weighted by atomic mass is 10.0. The zero-order valence-electron chi connectivity index (χ0n) is 15.0. The highest BCUT2D eigenvalue weighted by Gasteiger charge is 2.43. The van der Waals surface area contributed by atoms with Gasteiger partial charge < -0.3 is 15.0 Å². The van der Waals surface area contributed by atoms with Crippen LogP contribution in [-0.2, 0) is 9.59 Å². The van der Waals surface area contributed by atoms with Gasteiger partial charge in [-0.2, -0.15) is 0 Å². The number of aromatic nitrogens is 2. The van der Waals surface area contributed by atoms with Crippen LogP contribution in [0.2, 0.25) is 0 Å². The van der Waals surface area contributed by atoms with E-state index < -0.39 is 12.1 Å². The van der Waals surface area contributed by atoms with Crippen LogP contribution in [0.5, 0.6) is 0 Å². The van der Waals surface area contributed by atoms with Crippen molar-refractivity contribution in [3.8, 4) is 11.1 Å². The van der Waals surface area contributed by atoms with Gasteiger partial charge in [0.25, 0.3) is 0 Å². The minimum absolute atomic E-state index is 0.124. The van der Waals surface area contributed by atoms with Gasteiger partial charge in [-0.05, 0) is 54.3 Å². The highest BCUT2D eigenvalue weighted by molar-refractivity contribution is 5.94. The van der Waals surface area contributed by atoms with E-state index in [0.29, 0.717) is 11.5 Å². The second-order valence-electron chi connectivity index (χ2n) is 6.87. The summed E-state index contributed by atoms with van der Waals surface area (Å²) in [6.45, 7) is 3.47. The Morgan fingerprint density at radius 3 is 2.67 bits per heavy atom. The van der Waals surface area contributed by atoms with Crippen LogP contribution in [-0.4, -0.2) is 27.4 Å². The first-order chi connectivity index (χ1) is 12.9. The van der Waals surface area contributed by atoms with Crippen molar-refractivity contribution >= 4 is 29.0 Å². The Kier molecular flexibility index (Phi) is 4.14. The van der Waals surface area contributed by atoms with Crippen molar-refractivity contribution in [2.75, 3.05) is 10.6 Å². The Balaban J connectivity index is 1.63. The van der Waals surface area contributed by atoms with Gasteiger partial charge in [-0.1, -0.05) is 6.07 Å². The summed E-state index contributed by atoms with van der Waals surface area (Å²) < 4.78 is 14.8. The first kappa shape index (κ1) is 17.2. The third kappa shape index (κ3) is 3.53. The van der Waals surface area contributed by atoms with Crippen LogP contribution in [0.15, 0.2) is 42.7 Å². The molecule has 0 unspecified atom stereocenters. The molecule has 0 bridgehead atoms. The molecule has 2 aromatic heterocycles. The second-order valence-corrected chi connectivity index (χ2v) is 6.87. The number of amides is 2. The van der Waals surface area contributed by atoms with Gasteiger partial charge >= 0.3 is 0 Å². The van der Waals surface area contributed by atoms with Gasteiger partial charge in [-0.3, -0.25) is 9.59 Å². The van der Waals surface area contributed by atoms with E-state index in [9.17, 15) is 14.0 Å². The number of anilines is 2. The molecular formula is C20H19FN4O2. The number of imidazole rings is 1. The summed E-state index contributed by atoms with van der Waals surface area (Å²) >= 11 is 0. The molecule has 1 fully saturated rings. The molecule has 6 nitrogen and oxygen atoms in total. The number of alkyl halides is 1. The third-order valence-electron chi connectivity index (χ3n) is 4.62. The molecule has 1 aromatic carbocycles. The van der Waals surface area contributed by atoms with Crippen LogP contribution < -0.4 is 10.6 Å². The van der Waals surface area contributed by atoms with E-state index in [0.717, 1.165) is 22.4 Å². The van der Waals surface area contributed by atoms with Crippen molar-refractivity contribution in [3.63, 3.8) is 0 Å². The van der Waals surface area contributed by atoms with E-state index in [1.807, 2.05) is 47.9 Å². The summed E-state index contributed by atoms with van der Waals surface area (Å²) in [6.07, 6.45) is 2.87. The fourth-order valence-corrected chi connectivity index (χ4v) is 3.08. The second kappa shape index (κ2) is 6.50. The van der Waals surface area contributed by atoms with E-state index in [4.69, 9.17) is 0 Å². The van der Waals surface area contributed by atoms with Gasteiger partial charge in [-0.25, -0.2) is 9.37 Å². The predicted octanol–water partition coefficient (Wildman–Crippen LogP) is 3.56. The van der Waals surface area contributed by atoms with Gasteiger partial charge in [0.1, 0.15) is 11.8 Å². The lowest BCUT2D eigenvalue weighted by Gasteiger charge is -2.10. The number of hydrogen-bond donors (Lipinski definition) is 2. The summed E-state index contributed by atoms with van der Waals surface area (Å²) in [5.74, 6) is -0.601. The monoisotopic (exact) mass is 366 g/mol. The standard InChI is InChI=1S/C20H19FN4O2/c1-11-3-5-14(22-12(2)26)7-15(11)13-4-6-19-23-18(10-25(19)9-13)24-20(27)16-8-17(16)21/h3-7,9-10,16-17H,8H2,1-2H3,(H,22,26)(H,24,27)/t16-,17+/m1/s1. The Bertz CT molecular complexity index is 1060. The average Bonchev–Trinajstić information content (AvgIpc) is 3.21. The average molecular weight is 366 g/mol. The number of carbonyl (C=O) groups excluding carboxylic acids is 2. The number of nitrogens with zero attached hydrogens (tertiary/aromatic N) is 2. The molecule has 1 aliphatic carbocycles. The topological polar surface area (TPSA) is 75.5 Å². The molecule has 2 heterocycles. The molecule has 2 atom stereocenters. The minimum atomic E-state index is -1.03. The molecule has 1 aliphatic rings. The fourth-order valence-electron chi connectivity index (χ4n) is 3.08. The van der Waals surface area contributed by atoms with E-state index in [1.54, 1.807) is 6.20 Å². The number of benzene rings is 1. The Hall–Kier alpha value is -3.22. The first-order valence-electron chi connectivity index (χ1n) is 8.73. The van der Waals surface area contributed by atoms with Crippen LogP contribution in [0.25, 0.3) is 16.8 Å². The van der Waals surface area contributed by atoms with Crippen molar-refractivity contribution in [1.29, 1.82) is 0 Å². The van der Waals surface area contributed by atoms with E-state index in [-0.39, 0.29) is 18.2 Å². The number of rotatable bonds is 4. The molecule has 2 N–H and O–H groups in total. The highest BCUT2D eigenvalue weighted by atomic mass is 19.1. The van der Waals surface area contributed by atoms with Crippen LogP contribution in [0.4, 0.5) is 15.9 Å². The fraction of sp³-hybridized carbons (Fsp3) is 0.250. The van der Waals surface area contributed by atoms with E-state index in [1.165, 1.54) is 6.92 Å². The molecule has 4 rings (SSSR count). The molecule has 0 radical (unpaired) electrons. The minimum Gasteiger partial charge on any atom is -0.326 e. The van der Waals surface area contributed by atoms with Crippen LogP contribution in [0.3, 0.4) is 0 Å². The van der Waals surface area contributed by atoms with Crippen LogP contribution >= 0.6 is 0 Å². The zero-order chi connectivity index (χ0) is 19.1. The normalized spacial score (nSPS) is 18.3. The lowest BCUT2D eigenvalue weighted by Crippen LogP contribution is -2.15. The lowest BCUT2D eigenvalue weighted by molar-refractivity contribution is -0.117. The number of pyridine rings is 1. The molecular weight excluding hydrogens is 347 g/mol. The quantitative estimate of drug-likeness (QED) is 0.741. The molecule has 138 valence electrons. The summed E-state index contributed by atoms with van der Waals surface area (Å²) in [5.41, 5.74) is 4.42. The van der Waals surface area contributed by atoms with Crippen molar-refractivity contribution in [3.05, 3.63) is 48.3 Å². The van der Waals surface area contributed by atoms with Gasteiger partial charge in [-0.15, -0.1) is 0 Å². The van der Waals surface area contributed by atoms with Crippen LogP contribution in [0.1, 0.15) is 18.9 Å². The first-order valence-corrected chi connectivity index (χ1v) is 8.73. The number of fused-ring (bicyclic) bond motifs is 1. The van der Waals surface area contributed by atoms with Crippen molar-refractivity contribution in [1.82, 2.24) is 9.38 Å². The Morgan fingerprint density at radius 1 is 1.19 bits per heavy atom. The summed E-state index contributed by atoms with van der Waals surface area (Å²) in [4.78, 5) is 27.5. The number of aryl methyl sites for hydroxylation is 1. The smallest absolute Gasteiger partial charge is 0.231 e. The number of hydrogen-bond acceptors (Lipinski definition) is 3. The molecule has 0 saturated heterocycles. The van der Waals surface area contributed by atoms with E-state index >= 15 is 0 Å². The van der Waals surface area contributed by atoms with Gasteiger partial charge in [0.15, 0.2) is 5.82 Å². The van der Waals surface area contributed by atoms with Crippen molar-refractivity contribution < 1.29 is 14.0 Å². The SMILES string of the molecule is CC(=O)Nc1ccc(C)c(-c2ccc3nc(NC(=O)[C@@H]4C[C@@H]4F)cn3c2)c1. The summed E-state index contributed by atoms with van der Waals surface area (Å²) in [6, 6.07) is 9.52. The predicted molar refractivity (Wildman–Crippen MR) is 101 cm³/mol. The van der Waals surface area contributed by atoms with Gasteiger partial charge in [0.05, 0.1) is 12.1 Å².